The van der Waals surface area contributed by atoms with Crippen LogP contribution in [-0.2, 0) is 48.8 Å². The molecule has 0 aliphatic heterocycles. The van der Waals surface area contributed by atoms with Gasteiger partial charge in [0, 0.05) is 83.4 Å². The molecule has 0 heterocycles. The topological polar surface area (TPSA) is 194 Å². The Morgan fingerprint density at radius 1 is 0.298 bits per heavy atom. The standard InChI is InChI=1S/C30H35NO4S.C29H35NO3S.C29H32O4S/c1-21(2)31(5)30(33)26-16-14-25(15-17-26)29(32)27(13-12-24-10-6-22(3)7-11-24)20-36(34,35)28-18-8-23(4)9-19-28;1-21(2)30(5)27-16-14-25(15-17-27)29(31)26(13-12-24-10-6-22(3)7-11-24)20-34(32,33)28-18-8-23(4)9-19-28;1-20(2)28(30)24-13-15-25(16-14-24)29(31)26(12-11-23-9-5-21(3)6-10-23)19-34(32,33)27-17-7-22(4)8-18-27/h6-11,14-19,21,27H,12-13,20H2,1-5H3;6-11,14-19,21,26H,12-13,20H2,1-5H3;5-10,13-18,20,26H,11-12,19H2,1-4H3. The first-order chi connectivity index (χ1) is 49.1. The van der Waals surface area contributed by atoms with E-state index in [1.165, 1.54) is 5.56 Å². The van der Waals surface area contributed by atoms with Crippen molar-refractivity contribution in [2.75, 3.05) is 36.3 Å². The quantitative estimate of drug-likeness (QED) is 0.0387. The SMILES string of the molecule is Cc1ccc(CCC(CS(=O)(=O)c2ccc(C)cc2)C(=O)c2ccc(C(=O)C(C)C)cc2)cc1.Cc1ccc(CCC(CS(=O)(=O)c2ccc(C)cc2)C(=O)c2ccc(C(=O)N(C)C(C)C)cc2)cc1.Cc1ccc(CCC(CS(=O)(=O)c2ccc(C)cc2)C(=O)c2ccc(N(C)C(C)C)cc2)cc1. The molecule has 0 aliphatic carbocycles. The molecule has 1 amide bonds. The summed E-state index contributed by atoms with van der Waals surface area (Å²) in [6.45, 7) is 23.5. The highest BCUT2D eigenvalue weighted by Gasteiger charge is 2.32. The van der Waals surface area contributed by atoms with Crippen molar-refractivity contribution in [1.82, 2.24) is 4.90 Å². The van der Waals surface area contributed by atoms with Gasteiger partial charge in [-0.15, -0.1) is 0 Å². The highest BCUT2D eigenvalue weighted by atomic mass is 32.2. The van der Waals surface area contributed by atoms with Gasteiger partial charge in [-0.3, -0.25) is 24.0 Å². The summed E-state index contributed by atoms with van der Waals surface area (Å²) in [5, 5.41) is 0. The molecule has 0 saturated carbocycles. The van der Waals surface area contributed by atoms with Gasteiger partial charge in [-0.1, -0.05) is 193 Å². The minimum absolute atomic E-state index is 0.0110. The molecule has 16 heteroatoms. The summed E-state index contributed by atoms with van der Waals surface area (Å²) in [5.74, 6) is -3.57. The van der Waals surface area contributed by atoms with Crippen LogP contribution < -0.4 is 4.90 Å². The van der Waals surface area contributed by atoms with Crippen LogP contribution in [0.25, 0.3) is 0 Å². The molecule has 3 unspecified atom stereocenters. The molecular formula is C88H102N2O11S3. The van der Waals surface area contributed by atoms with Gasteiger partial charge in [0.1, 0.15) is 0 Å². The molecule has 548 valence electrons. The average Bonchev–Trinajstić information content (AvgIpc) is 0.823. The largest absolute Gasteiger partial charge is 0.372 e. The fourth-order valence-corrected chi connectivity index (χ4v) is 16.5. The average molecular weight is 1460 g/mol. The van der Waals surface area contributed by atoms with Gasteiger partial charge in [-0.25, -0.2) is 25.3 Å². The Labute approximate surface area is 619 Å². The molecule has 3 atom stereocenters. The fraction of sp³-hybridized carbons (Fsp3) is 0.330. The third-order valence-electron chi connectivity index (χ3n) is 19.0. The molecule has 0 aliphatic rings. The smallest absolute Gasteiger partial charge is 0.253 e. The molecular weight excluding hydrogens is 1360 g/mol. The van der Waals surface area contributed by atoms with E-state index in [1.807, 2.05) is 173 Å². The van der Waals surface area contributed by atoms with Crippen molar-refractivity contribution in [1.29, 1.82) is 0 Å². The van der Waals surface area contributed by atoms with Crippen LogP contribution in [0.2, 0.25) is 0 Å². The number of anilines is 1. The fourth-order valence-electron chi connectivity index (χ4n) is 11.7. The van der Waals surface area contributed by atoms with Crippen LogP contribution in [0.3, 0.4) is 0 Å². The van der Waals surface area contributed by atoms with E-state index in [2.05, 4.69) is 18.7 Å². The zero-order valence-corrected chi connectivity index (χ0v) is 65.2. The zero-order chi connectivity index (χ0) is 76.2. The van der Waals surface area contributed by atoms with E-state index in [-0.39, 0.29) is 72.9 Å². The Kier molecular flexibility index (Phi) is 29.6. The van der Waals surface area contributed by atoms with Gasteiger partial charge < -0.3 is 9.80 Å². The van der Waals surface area contributed by atoms with Gasteiger partial charge in [-0.05, 0) is 197 Å². The predicted octanol–water partition coefficient (Wildman–Crippen LogP) is 17.8. The number of hydrogen-bond acceptors (Lipinski definition) is 12. The van der Waals surface area contributed by atoms with Crippen LogP contribution in [-0.4, -0.2) is 103 Å². The second kappa shape index (κ2) is 37.5. The third-order valence-corrected chi connectivity index (χ3v) is 24.5. The lowest BCUT2D eigenvalue weighted by Gasteiger charge is -2.24. The van der Waals surface area contributed by atoms with Crippen LogP contribution in [0.1, 0.15) is 163 Å². The number of carbonyl (C=O) groups excluding carboxylic acids is 5. The molecule has 0 aromatic heterocycles. The monoisotopic (exact) mass is 1460 g/mol. The first-order valence-electron chi connectivity index (χ1n) is 35.6. The highest BCUT2D eigenvalue weighted by molar-refractivity contribution is 7.92. The number of nitrogens with zero attached hydrogens (tertiary/aromatic N) is 2. The number of carbonyl (C=O) groups is 5. The minimum Gasteiger partial charge on any atom is -0.372 e. The molecule has 0 spiro atoms. The third kappa shape index (κ3) is 23.9. The number of benzene rings is 9. The first kappa shape index (κ1) is 82.1. The normalized spacial score (nSPS) is 12.5. The summed E-state index contributed by atoms with van der Waals surface area (Å²) >= 11 is 0. The number of aryl methyl sites for hydroxylation is 9. The lowest BCUT2D eigenvalue weighted by molar-refractivity contribution is 0.0753. The van der Waals surface area contributed by atoms with E-state index in [0.29, 0.717) is 72.4 Å². The van der Waals surface area contributed by atoms with E-state index in [4.69, 9.17) is 0 Å². The Morgan fingerprint density at radius 3 is 0.769 bits per heavy atom. The Balaban J connectivity index is 0.000000218. The molecule has 13 nitrogen and oxygen atoms in total. The molecule has 0 radical (unpaired) electrons. The number of rotatable bonds is 30. The summed E-state index contributed by atoms with van der Waals surface area (Å²) in [5.41, 5.74) is 13.1. The summed E-state index contributed by atoms with van der Waals surface area (Å²) in [4.78, 5) is 69.9. The summed E-state index contributed by atoms with van der Waals surface area (Å²) in [7, 11) is -7.16. The molecule has 0 bridgehead atoms. The van der Waals surface area contributed by atoms with E-state index in [0.717, 1.165) is 50.2 Å². The highest BCUT2D eigenvalue weighted by Crippen LogP contribution is 2.29. The Bertz CT molecular complexity index is 4690. The van der Waals surface area contributed by atoms with Gasteiger partial charge >= 0.3 is 0 Å². The molecule has 0 fully saturated rings. The molecule has 9 aromatic carbocycles. The molecule has 104 heavy (non-hydrogen) atoms. The predicted molar refractivity (Wildman–Crippen MR) is 421 cm³/mol. The van der Waals surface area contributed by atoms with Crippen LogP contribution in [0, 0.1) is 65.2 Å². The maximum absolute atomic E-state index is 13.5. The van der Waals surface area contributed by atoms with Crippen molar-refractivity contribution in [3.63, 3.8) is 0 Å². The number of ketones is 4. The molecule has 0 N–H and O–H groups in total. The van der Waals surface area contributed by atoms with Crippen molar-refractivity contribution < 1.29 is 49.2 Å². The van der Waals surface area contributed by atoms with Crippen molar-refractivity contribution >= 4 is 64.2 Å². The van der Waals surface area contributed by atoms with Crippen LogP contribution >= 0.6 is 0 Å². The maximum atomic E-state index is 13.5. The van der Waals surface area contributed by atoms with E-state index < -0.39 is 47.3 Å². The summed E-state index contributed by atoms with van der Waals surface area (Å²) < 4.78 is 79.2. The van der Waals surface area contributed by atoms with Crippen molar-refractivity contribution in [2.45, 2.75) is 148 Å². The Hall–Kier alpha value is -9.22. The first-order valence-corrected chi connectivity index (χ1v) is 40.6. The van der Waals surface area contributed by atoms with Gasteiger partial charge in [0.2, 0.25) is 0 Å². The van der Waals surface area contributed by atoms with Gasteiger partial charge in [0.15, 0.2) is 52.6 Å². The van der Waals surface area contributed by atoms with E-state index in [9.17, 15) is 49.2 Å². The number of hydrogen-bond donors (Lipinski definition) is 0. The molecule has 9 rings (SSSR count). The van der Waals surface area contributed by atoms with Crippen molar-refractivity contribution in [3.05, 3.63) is 296 Å². The van der Waals surface area contributed by atoms with Crippen LogP contribution in [0.15, 0.2) is 233 Å². The van der Waals surface area contributed by atoms with E-state index >= 15 is 0 Å². The number of Topliss-reactive ketones (excluding diaryl/α,β-unsaturated/α-hetero) is 4. The second-order valence-corrected chi connectivity index (χ2v) is 34.6. The number of sulfone groups is 3. The van der Waals surface area contributed by atoms with Gasteiger partial charge in [-0.2, -0.15) is 0 Å². The van der Waals surface area contributed by atoms with Crippen molar-refractivity contribution in [2.24, 2.45) is 23.7 Å². The van der Waals surface area contributed by atoms with Crippen molar-refractivity contribution in [3.8, 4) is 0 Å². The summed E-state index contributed by atoms with van der Waals surface area (Å²) in [6, 6.07) is 65.5. The number of amides is 1. The van der Waals surface area contributed by atoms with Crippen LogP contribution in [0.5, 0.6) is 0 Å². The second-order valence-electron chi connectivity index (χ2n) is 28.5. The van der Waals surface area contributed by atoms with Crippen LogP contribution in [0.4, 0.5) is 5.69 Å². The van der Waals surface area contributed by atoms with E-state index in [1.54, 1.807) is 133 Å². The maximum Gasteiger partial charge on any atom is 0.253 e. The lowest BCUT2D eigenvalue weighted by Crippen LogP contribution is -2.33. The minimum atomic E-state index is -3.66. The molecule has 0 saturated heterocycles. The lowest BCUT2D eigenvalue weighted by atomic mass is 9.91. The van der Waals surface area contributed by atoms with Gasteiger partial charge in [0.25, 0.3) is 5.91 Å². The van der Waals surface area contributed by atoms with Gasteiger partial charge in [0.05, 0.1) is 31.9 Å². The summed E-state index contributed by atoms with van der Waals surface area (Å²) in [6.07, 6.45) is 3.14. The zero-order valence-electron chi connectivity index (χ0n) is 62.7. The Morgan fingerprint density at radius 2 is 0.529 bits per heavy atom. The molecule has 9 aromatic rings.